The molecule has 4 nitrogen and oxygen atoms in total. The minimum atomic E-state index is -3.65. The highest BCUT2D eigenvalue weighted by molar-refractivity contribution is 9.10. The molecule has 102 valence electrons. The molecule has 0 aliphatic heterocycles. The molecule has 1 aromatic carbocycles. The zero-order valence-electron chi connectivity index (χ0n) is 9.78. The summed E-state index contributed by atoms with van der Waals surface area (Å²) in [5, 5.41) is 11.1. The summed E-state index contributed by atoms with van der Waals surface area (Å²) in [5.74, 6) is 0. The molecular formula is C12H12BrNO3S2. The summed E-state index contributed by atoms with van der Waals surface area (Å²) >= 11 is 4.32. The van der Waals surface area contributed by atoms with Crippen LogP contribution in [0.4, 0.5) is 0 Å². The van der Waals surface area contributed by atoms with Gasteiger partial charge in [0.05, 0.1) is 12.6 Å². The maximum absolute atomic E-state index is 12.2. The van der Waals surface area contributed by atoms with Gasteiger partial charge in [-0.2, -0.15) is 0 Å². The van der Waals surface area contributed by atoms with Crippen molar-refractivity contribution in [2.75, 3.05) is 6.61 Å². The van der Waals surface area contributed by atoms with Crippen LogP contribution in [0.15, 0.2) is 50.5 Å². The predicted molar refractivity (Wildman–Crippen MR) is 78.6 cm³/mol. The lowest BCUT2D eigenvalue weighted by molar-refractivity contribution is 0.259. The maximum atomic E-state index is 12.2. The number of sulfonamides is 1. The van der Waals surface area contributed by atoms with Crippen LogP contribution in [-0.4, -0.2) is 20.1 Å². The maximum Gasteiger partial charge on any atom is 0.251 e. The Labute approximate surface area is 124 Å². The largest absolute Gasteiger partial charge is 0.394 e. The average molecular weight is 362 g/mol. The van der Waals surface area contributed by atoms with Gasteiger partial charge in [-0.3, -0.25) is 0 Å². The smallest absolute Gasteiger partial charge is 0.251 e. The molecule has 0 saturated heterocycles. The molecule has 1 atom stereocenters. The Balaban J connectivity index is 2.27. The second-order valence-corrected chi connectivity index (χ2v) is 7.50. The molecule has 2 aromatic rings. The first-order valence-electron chi connectivity index (χ1n) is 5.45. The summed E-state index contributed by atoms with van der Waals surface area (Å²) in [6, 6.07) is 10.00. The number of hydrogen-bond acceptors (Lipinski definition) is 4. The SMILES string of the molecule is O=S(=O)(N[C@@H](CO)c1ccccc1)c1sccc1Br. The van der Waals surface area contributed by atoms with Gasteiger partial charge >= 0.3 is 0 Å². The highest BCUT2D eigenvalue weighted by Crippen LogP contribution is 2.28. The Morgan fingerprint density at radius 3 is 2.47 bits per heavy atom. The van der Waals surface area contributed by atoms with Crippen LogP contribution in [0.2, 0.25) is 0 Å². The normalized spacial score (nSPS) is 13.4. The van der Waals surface area contributed by atoms with Crippen molar-refractivity contribution in [3.63, 3.8) is 0 Å². The number of aliphatic hydroxyl groups is 1. The molecule has 0 amide bonds. The fourth-order valence-corrected chi connectivity index (χ4v) is 5.18. The topological polar surface area (TPSA) is 66.4 Å². The lowest BCUT2D eigenvalue weighted by Crippen LogP contribution is -2.30. The Kier molecular flexibility index (Phi) is 4.75. The second-order valence-electron chi connectivity index (χ2n) is 3.82. The first-order chi connectivity index (χ1) is 9.04. The standard InChI is InChI=1S/C12H12BrNO3S2/c13-10-6-7-18-12(10)19(16,17)14-11(8-15)9-4-2-1-3-5-9/h1-7,11,14-15H,8H2/t11-/m0/s1. The van der Waals surface area contributed by atoms with Gasteiger partial charge in [0.2, 0.25) is 0 Å². The third-order valence-corrected chi connectivity index (χ3v) is 6.65. The zero-order valence-corrected chi connectivity index (χ0v) is 13.0. The molecule has 0 aliphatic rings. The van der Waals surface area contributed by atoms with E-state index in [2.05, 4.69) is 20.7 Å². The zero-order chi connectivity index (χ0) is 13.9. The Bertz CT molecular complexity index is 640. The van der Waals surface area contributed by atoms with E-state index in [0.717, 1.165) is 16.9 Å². The number of halogens is 1. The first kappa shape index (κ1) is 14.7. The van der Waals surface area contributed by atoms with Gasteiger partial charge in [0.1, 0.15) is 4.21 Å². The van der Waals surface area contributed by atoms with Gasteiger partial charge in [-0.05, 0) is 32.9 Å². The highest BCUT2D eigenvalue weighted by atomic mass is 79.9. The number of benzene rings is 1. The Morgan fingerprint density at radius 2 is 1.95 bits per heavy atom. The lowest BCUT2D eigenvalue weighted by atomic mass is 10.1. The predicted octanol–water partition coefficient (Wildman–Crippen LogP) is 2.52. The van der Waals surface area contributed by atoms with Crippen molar-refractivity contribution in [2.24, 2.45) is 0 Å². The monoisotopic (exact) mass is 361 g/mol. The number of thiophene rings is 1. The minimum absolute atomic E-state index is 0.210. The van der Waals surface area contributed by atoms with Gasteiger partial charge in [0.15, 0.2) is 0 Å². The molecule has 0 radical (unpaired) electrons. The second kappa shape index (κ2) is 6.15. The summed E-state index contributed by atoms with van der Waals surface area (Å²) in [5.41, 5.74) is 0.723. The van der Waals surface area contributed by atoms with Crippen LogP contribution in [0.5, 0.6) is 0 Å². The van der Waals surface area contributed by atoms with Gasteiger partial charge < -0.3 is 5.11 Å². The molecule has 0 saturated carbocycles. The molecule has 0 bridgehead atoms. The van der Waals surface area contributed by atoms with E-state index in [4.69, 9.17) is 0 Å². The van der Waals surface area contributed by atoms with Crippen LogP contribution < -0.4 is 4.72 Å². The van der Waals surface area contributed by atoms with E-state index in [0.29, 0.717) is 4.47 Å². The summed E-state index contributed by atoms with van der Waals surface area (Å²) in [6.45, 7) is -0.299. The molecule has 1 heterocycles. The number of nitrogens with one attached hydrogen (secondary N) is 1. The Morgan fingerprint density at radius 1 is 1.26 bits per heavy atom. The molecule has 7 heteroatoms. The van der Waals surface area contributed by atoms with E-state index in [1.165, 1.54) is 0 Å². The van der Waals surface area contributed by atoms with Crippen molar-refractivity contribution >= 4 is 37.3 Å². The molecule has 19 heavy (non-hydrogen) atoms. The van der Waals surface area contributed by atoms with Crippen LogP contribution in [0.1, 0.15) is 11.6 Å². The van der Waals surface area contributed by atoms with Gasteiger partial charge in [-0.15, -0.1) is 11.3 Å². The molecule has 0 spiro atoms. The number of aliphatic hydroxyl groups excluding tert-OH is 1. The average Bonchev–Trinajstić information content (AvgIpc) is 2.84. The van der Waals surface area contributed by atoms with Gasteiger partial charge in [0, 0.05) is 4.47 Å². The first-order valence-corrected chi connectivity index (χ1v) is 8.61. The van der Waals surface area contributed by atoms with E-state index < -0.39 is 16.1 Å². The van der Waals surface area contributed by atoms with Crippen molar-refractivity contribution in [3.05, 3.63) is 51.8 Å². The van der Waals surface area contributed by atoms with Crippen molar-refractivity contribution in [1.29, 1.82) is 0 Å². The van der Waals surface area contributed by atoms with E-state index in [9.17, 15) is 13.5 Å². The quantitative estimate of drug-likeness (QED) is 0.859. The third kappa shape index (κ3) is 3.43. The van der Waals surface area contributed by atoms with E-state index in [-0.39, 0.29) is 10.8 Å². The van der Waals surface area contributed by atoms with Gasteiger partial charge in [-0.1, -0.05) is 30.3 Å². The number of hydrogen-bond donors (Lipinski definition) is 2. The molecule has 0 aliphatic carbocycles. The van der Waals surface area contributed by atoms with Crippen LogP contribution in [0.3, 0.4) is 0 Å². The summed E-state index contributed by atoms with van der Waals surface area (Å²) in [7, 11) is -3.65. The van der Waals surface area contributed by atoms with Crippen molar-refractivity contribution in [3.8, 4) is 0 Å². The fraction of sp³-hybridized carbons (Fsp3) is 0.167. The van der Waals surface area contributed by atoms with Crippen LogP contribution in [-0.2, 0) is 10.0 Å². The van der Waals surface area contributed by atoms with E-state index in [1.54, 1.807) is 35.7 Å². The summed E-state index contributed by atoms with van der Waals surface area (Å²) < 4.78 is 27.7. The van der Waals surface area contributed by atoms with Crippen molar-refractivity contribution in [1.82, 2.24) is 4.72 Å². The third-order valence-electron chi connectivity index (χ3n) is 2.51. The summed E-state index contributed by atoms with van der Waals surface area (Å²) in [4.78, 5) is 0. The molecular weight excluding hydrogens is 350 g/mol. The lowest BCUT2D eigenvalue weighted by Gasteiger charge is -2.16. The number of rotatable bonds is 5. The fourth-order valence-electron chi connectivity index (χ4n) is 1.61. The minimum Gasteiger partial charge on any atom is -0.394 e. The van der Waals surface area contributed by atoms with Crippen LogP contribution in [0, 0.1) is 0 Å². The van der Waals surface area contributed by atoms with Gasteiger partial charge in [-0.25, -0.2) is 13.1 Å². The molecule has 1 aromatic heterocycles. The van der Waals surface area contributed by atoms with E-state index in [1.807, 2.05) is 6.07 Å². The molecule has 0 unspecified atom stereocenters. The molecule has 2 N–H and O–H groups in total. The molecule has 0 fully saturated rings. The van der Waals surface area contributed by atoms with Crippen LogP contribution in [0.25, 0.3) is 0 Å². The van der Waals surface area contributed by atoms with Crippen LogP contribution >= 0.6 is 27.3 Å². The highest BCUT2D eigenvalue weighted by Gasteiger charge is 2.23. The van der Waals surface area contributed by atoms with Crippen molar-refractivity contribution < 1.29 is 13.5 Å². The molecule has 2 rings (SSSR count). The van der Waals surface area contributed by atoms with Gasteiger partial charge in [0.25, 0.3) is 10.0 Å². The van der Waals surface area contributed by atoms with Crippen molar-refractivity contribution in [2.45, 2.75) is 10.3 Å². The Hall–Kier alpha value is -0.730. The summed E-state index contributed by atoms with van der Waals surface area (Å²) in [6.07, 6.45) is 0. The van der Waals surface area contributed by atoms with E-state index >= 15 is 0 Å².